The van der Waals surface area contributed by atoms with E-state index in [1.54, 1.807) is 7.11 Å². The molecule has 0 aliphatic carbocycles. The zero-order valence-electron chi connectivity index (χ0n) is 11.5. The Hall–Kier alpha value is -1.55. The van der Waals surface area contributed by atoms with E-state index >= 15 is 0 Å². The topological polar surface area (TPSA) is 49.8 Å². The zero-order valence-corrected chi connectivity index (χ0v) is 11.5. The predicted octanol–water partition coefficient (Wildman–Crippen LogP) is 2.55. The number of methoxy groups -OCH3 is 1. The summed E-state index contributed by atoms with van der Waals surface area (Å²) in [5, 5.41) is 8.85. The standard InChI is InChI=1S/C15H21NO3/c1-11(13-4-3-5-14(9-13)19-2)16-7-6-12(10-16)8-15(17)18/h3-5,9,11-12H,6-8,10H2,1-2H3,(H,17,18). The van der Waals surface area contributed by atoms with E-state index in [-0.39, 0.29) is 12.3 Å². The van der Waals surface area contributed by atoms with Gasteiger partial charge in [-0.3, -0.25) is 9.69 Å². The van der Waals surface area contributed by atoms with Gasteiger partial charge in [0.2, 0.25) is 0 Å². The molecule has 2 unspecified atom stereocenters. The Balaban J connectivity index is 2.00. The molecule has 2 rings (SSSR count). The van der Waals surface area contributed by atoms with Crippen molar-refractivity contribution >= 4 is 5.97 Å². The molecule has 1 aromatic rings. The third-order valence-corrected chi connectivity index (χ3v) is 3.90. The van der Waals surface area contributed by atoms with E-state index in [1.807, 2.05) is 12.1 Å². The van der Waals surface area contributed by atoms with Crippen molar-refractivity contribution in [2.75, 3.05) is 20.2 Å². The van der Waals surface area contributed by atoms with Gasteiger partial charge in [-0.15, -0.1) is 0 Å². The van der Waals surface area contributed by atoms with Crippen LogP contribution in [0.25, 0.3) is 0 Å². The monoisotopic (exact) mass is 263 g/mol. The van der Waals surface area contributed by atoms with Gasteiger partial charge in [0.25, 0.3) is 0 Å². The van der Waals surface area contributed by atoms with E-state index in [9.17, 15) is 4.79 Å². The minimum absolute atomic E-state index is 0.279. The summed E-state index contributed by atoms with van der Waals surface area (Å²) in [6.07, 6.45) is 1.25. The largest absolute Gasteiger partial charge is 0.497 e. The number of hydrogen-bond acceptors (Lipinski definition) is 3. The average Bonchev–Trinajstić information content (AvgIpc) is 2.85. The maximum atomic E-state index is 10.8. The van der Waals surface area contributed by atoms with Gasteiger partial charge in [0.1, 0.15) is 5.75 Å². The molecule has 4 nitrogen and oxygen atoms in total. The van der Waals surface area contributed by atoms with Crippen LogP contribution < -0.4 is 4.74 Å². The molecular formula is C15H21NO3. The second-order valence-corrected chi connectivity index (χ2v) is 5.20. The number of rotatable bonds is 5. The van der Waals surface area contributed by atoms with Gasteiger partial charge in [0.05, 0.1) is 7.11 Å². The Morgan fingerprint density at radius 2 is 2.37 bits per heavy atom. The molecule has 0 radical (unpaired) electrons. The summed E-state index contributed by atoms with van der Waals surface area (Å²) in [5.74, 6) is 0.456. The molecular weight excluding hydrogens is 242 g/mol. The summed E-state index contributed by atoms with van der Waals surface area (Å²) < 4.78 is 5.25. The van der Waals surface area contributed by atoms with Gasteiger partial charge in [0.15, 0.2) is 0 Å². The van der Waals surface area contributed by atoms with Crippen molar-refractivity contribution in [2.45, 2.75) is 25.8 Å². The molecule has 1 aliphatic rings. The van der Waals surface area contributed by atoms with Gasteiger partial charge in [-0.2, -0.15) is 0 Å². The molecule has 0 aromatic heterocycles. The van der Waals surface area contributed by atoms with Gasteiger partial charge in [-0.25, -0.2) is 0 Å². The Kier molecular flexibility index (Phi) is 4.43. The first-order chi connectivity index (χ1) is 9.10. The summed E-state index contributed by atoms with van der Waals surface area (Å²) in [7, 11) is 1.67. The van der Waals surface area contributed by atoms with Gasteiger partial charge in [-0.05, 0) is 43.5 Å². The number of carboxylic acid groups (broad SMARTS) is 1. The summed E-state index contributed by atoms with van der Waals surface area (Å²) in [5.41, 5.74) is 1.22. The number of benzene rings is 1. The summed E-state index contributed by atoms with van der Waals surface area (Å²) in [6.45, 7) is 4.00. The van der Waals surface area contributed by atoms with Crippen molar-refractivity contribution in [2.24, 2.45) is 5.92 Å². The normalized spacial score (nSPS) is 21.3. The molecule has 2 atom stereocenters. The minimum Gasteiger partial charge on any atom is -0.497 e. The van der Waals surface area contributed by atoms with Gasteiger partial charge < -0.3 is 9.84 Å². The first-order valence-corrected chi connectivity index (χ1v) is 6.70. The third-order valence-electron chi connectivity index (χ3n) is 3.90. The molecule has 0 bridgehead atoms. The Bertz CT molecular complexity index is 447. The van der Waals surface area contributed by atoms with E-state index in [1.165, 1.54) is 5.56 Å². The van der Waals surface area contributed by atoms with Crippen molar-refractivity contribution in [3.8, 4) is 5.75 Å². The van der Waals surface area contributed by atoms with Gasteiger partial charge >= 0.3 is 5.97 Å². The zero-order chi connectivity index (χ0) is 13.8. The van der Waals surface area contributed by atoms with E-state index in [0.717, 1.165) is 25.3 Å². The summed E-state index contributed by atoms with van der Waals surface area (Å²) in [6, 6.07) is 8.38. The number of hydrogen-bond donors (Lipinski definition) is 1. The first-order valence-electron chi connectivity index (χ1n) is 6.70. The lowest BCUT2D eigenvalue weighted by atomic mass is 10.0. The second kappa shape index (κ2) is 6.06. The SMILES string of the molecule is COc1cccc(C(C)N2CCC(CC(=O)O)C2)c1. The van der Waals surface area contributed by atoms with E-state index in [2.05, 4.69) is 24.0 Å². The van der Waals surface area contributed by atoms with Crippen molar-refractivity contribution in [3.05, 3.63) is 29.8 Å². The van der Waals surface area contributed by atoms with Crippen LogP contribution in [-0.4, -0.2) is 36.2 Å². The molecule has 1 N–H and O–H groups in total. The number of carbonyl (C=O) groups is 1. The fourth-order valence-electron chi connectivity index (χ4n) is 2.74. The molecule has 1 heterocycles. The van der Waals surface area contributed by atoms with Crippen LogP contribution in [0.3, 0.4) is 0 Å². The maximum absolute atomic E-state index is 10.8. The highest BCUT2D eigenvalue weighted by Gasteiger charge is 2.28. The van der Waals surface area contributed by atoms with Crippen LogP contribution >= 0.6 is 0 Å². The lowest BCUT2D eigenvalue weighted by Crippen LogP contribution is -2.25. The Morgan fingerprint density at radius 3 is 3.05 bits per heavy atom. The van der Waals surface area contributed by atoms with Crippen molar-refractivity contribution < 1.29 is 14.6 Å². The molecule has 0 amide bonds. The maximum Gasteiger partial charge on any atom is 0.303 e. The quantitative estimate of drug-likeness (QED) is 0.887. The Labute approximate surface area is 114 Å². The highest BCUT2D eigenvalue weighted by molar-refractivity contribution is 5.67. The number of ether oxygens (including phenoxy) is 1. The summed E-state index contributed by atoms with van der Waals surface area (Å²) >= 11 is 0. The molecule has 1 aromatic carbocycles. The smallest absolute Gasteiger partial charge is 0.303 e. The van der Waals surface area contributed by atoms with Crippen LogP contribution in [0.1, 0.15) is 31.4 Å². The van der Waals surface area contributed by atoms with Gasteiger partial charge in [-0.1, -0.05) is 12.1 Å². The van der Waals surface area contributed by atoms with Crippen LogP contribution in [0.2, 0.25) is 0 Å². The second-order valence-electron chi connectivity index (χ2n) is 5.20. The number of likely N-dealkylation sites (tertiary alicyclic amines) is 1. The summed E-state index contributed by atoms with van der Waals surface area (Å²) in [4.78, 5) is 13.1. The van der Waals surface area contributed by atoms with Crippen LogP contribution in [-0.2, 0) is 4.79 Å². The van der Waals surface area contributed by atoms with Crippen molar-refractivity contribution in [1.29, 1.82) is 0 Å². The van der Waals surface area contributed by atoms with Crippen LogP contribution in [0.15, 0.2) is 24.3 Å². The fraction of sp³-hybridized carbons (Fsp3) is 0.533. The molecule has 1 saturated heterocycles. The molecule has 4 heteroatoms. The van der Waals surface area contributed by atoms with Crippen LogP contribution in [0.4, 0.5) is 0 Å². The molecule has 19 heavy (non-hydrogen) atoms. The lowest BCUT2D eigenvalue weighted by Gasteiger charge is -2.25. The van der Waals surface area contributed by atoms with Crippen LogP contribution in [0, 0.1) is 5.92 Å². The van der Waals surface area contributed by atoms with Crippen molar-refractivity contribution in [3.63, 3.8) is 0 Å². The highest BCUT2D eigenvalue weighted by Crippen LogP contribution is 2.30. The van der Waals surface area contributed by atoms with E-state index < -0.39 is 5.97 Å². The minimum atomic E-state index is -0.694. The van der Waals surface area contributed by atoms with Gasteiger partial charge in [0, 0.05) is 19.0 Å². The molecule has 0 saturated carbocycles. The number of nitrogens with zero attached hydrogens (tertiary/aromatic N) is 1. The van der Waals surface area contributed by atoms with Crippen LogP contribution in [0.5, 0.6) is 5.75 Å². The van der Waals surface area contributed by atoms with Crippen molar-refractivity contribution in [1.82, 2.24) is 4.90 Å². The highest BCUT2D eigenvalue weighted by atomic mass is 16.5. The molecule has 1 fully saturated rings. The predicted molar refractivity (Wildman–Crippen MR) is 73.3 cm³/mol. The Morgan fingerprint density at radius 1 is 1.58 bits per heavy atom. The molecule has 104 valence electrons. The first kappa shape index (κ1) is 13.9. The third kappa shape index (κ3) is 3.47. The molecule has 1 aliphatic heterocycles. The number of aliphatic carboxylic acids is 1. The van der Waals surface area contributed by atoms with E-state index in [4.69, 9.17) is 9.84 Å². The molecule has 0 spiro atoms. The lowest BCUT2D eigenvalue weighted by molar-refractivity contribution is -0.138. The number of carboxylic acids is 1. The van der Waals surface area contributed by atoms with E-state index in [0.29, 0.717) is 6.04 Å². The fourth-order valence-corrected chi connectivity index (χ4v) is 2.74. The average molecular weight is 263 g/mol.